The Bertz CT molecular complexity index is 471. The van der Waals surface area contributed by atoms with Gasteiger partial charge in [0.2, 0.25) is 0 Å². The number of nitrogens with two attached hydrogens (primary N) is 1. The molecule has 1 heterocycles. The van der Waals surface area contributed by atoms with Gasteiger partial charge in [-0.2, -0.15) is 0 Å². The lowest BCUT2D eigenvalue weighted by atomic mass is 9.95. The molecule has 1 saturated heterocycles. The minimum absolute atomic E-state index is 0.0308. The molecule has 1 aromatic rings. The van der Waals surface area contributed by atoms with Crippen LogP contribution in [0.2, 0.25) is 0 Å². The van der Waals surface area contributed by atoms with Crippen molar-refractivity contribution in [1.29, 1.82) is 0 Å². The molecule has 0 radical (unpaired) electrons. The molecule has 1 aliphatic heterocycles. The Morgan fingerprint density at radius 2 is 2.21 bits per heavy atom. The van der Waals surface area contributed by atoms with E-state index in [1.54, 1.807) is 25.3 Å². The molecular formula is C15H22N2O2. The average Bonchev–Trinajstić information content (AvgIpc) is 2.87. The van der Waals surface area contributed by atoms with Crippen LogP contribution in [0.4, 0.5) is 5.69 Å². The first-order valence-electron chi connectivity index (χ1n) is 6.75. The van der Waals surface area contributed by atoms with E-state index in [9.17, 15) is 4.79 Å². The predicted octanol–water partition coefficient (Wildman–Crippen LogP) is 2.40. The van der Waals surface area contributed by atoms with Crippen molar-refractivity contribution in [2.45, 2.75) is 20.3 Å². The zero-order valence-electron chi connectivity index (χ0n) is 11.8. The smallest absolute Gasteiger partial charge is 0.255 e. The number of ether oxygens (including phenoxy) is 1. The number of hydrogen-bond acceptors (Lipinski definition) is 3. The Labute approximate surface area is 114 Å². The number of carbonyl (C=O) groups is 1. The van der Waals surface area contributed by atoms with Gasteiger partial charge in [-0.1, -0.05) is 13.8 Å². The third kappa shape index (κ3) is 2.83. The van der Waals surface area contributed by atoms with Gasteiger partial charge in [0.25, 0.3) is 5.91 Å². The quantitative estimate of drug-likeness (QED) is 0.851. The highest BCUT2D eigenvalue weighted by Gasteiger charge is 2.29. The van der Waals surface area contributed by atoms with Crippen molar-refractivity contribution in [3.8, 4) is 5.75 Å². The van der Waals surface area contributed by atoms with Gasteiger partial charge in [0.15, 0.2) is 0 Å². The standard InChI is InChI=1S/C15H22N2O2/c1-10(2)11-6-7-17(9-11)15(18)13-5-4-12(19-3)8-14(13)16/h4-5,8,10-11H,6-7,9,16H2,1-3H3. The van der Waals surface area contributed by atoms with Gasteiger partial charge in [0, 0.05) is 24.8 Å². The first-order chi connectivity index (χ1) is 9.02. The van der Waals surface area contributed by atoms with Crippen molar-refractivity contribution < 1.29 is 9.53 Å². The van der Waals surface area contributed by atoms with Gasteiger partial charge in [-0.15, -0.1) is 0 Å². The van der Waals surface area contributed by atoms with Crippen LogP contribution in [0.25, 0.3) is 0 Å². The molecule has 1 unspecified atom stereocenters. The van der Waals surface area contributed by atoms with E-state index in [1.807, 2.05) is 4.90 Å². The van der Waals surface area contributed by atoms with E-state index in [0.717, 1.165) is 19.5 Å². The maximum atomic E-state index is 12.4. The van der Waals surface area contributed by atoms with Crippen LogP contribution in [0.3, 0.4) is 0 Å². The molecule has 0 spiro atoms. The number of hydrogen-bond donors (Lipinski definition) is 1. The summed E-state index contributed by atoms with van der Waals surface area (Å²) in [6, 6.07) is 5.22. The number of carbonyl (C=O) groups excluding carboxylic acids is 1. The first kappa shape index (κ1) is 13.7. The molecule has 0 aromatic heterocycles. The van der Waals surface area contributed by atoms with Crippen molar-refractivity contribution in [3.05, 3.63) is 23.8 Å². The van der Waals surface area contributed by atoms with Crippen LogP contribution in [0.1, 0.15) is 30.6 Å². The maximum Gasteiger partial charge on any atom is 0.255 e. The third-order valence-corrected chi connectivity index (χ3v) is 3.94. The monoisotopic (exact) mass is 262 g/mol. The summed E-state index contributed by atoms with van der Waals surface area (Å²) in [5.74, 6) is 1.92. The fourth-order valence-corrected chi connectivity index (χ4v) is 2.55. The van der Waals surface area contributed by atoms with Crippen LogP contribution in [0.15, 0.2) is 18.2 Å². The second-order valence-electron chi connectivity index (χ2n) is 5.50. The molecule has 1 aliphatic rings. The number of methoxy groups -OCH3 is 1. The largest absolute Gasteiger partial charge is 0.497 e. The lowest BCUT2D eigenvalue weighted by Gasteiger charge is -2.19. The van der Waals surface area contributed by atoms with Gasteiger partial charge < -0.3 is 15.4 Å². The van der Waals surface area contributed by atoms with Gasteiger partial charge in [0.1, 0.15) is 5.75 Å². The molecule has 2 rings (SSSR count). The van der Waals surface area contributed by atoms with Gasteiger partial charge in [-0.25, -0.2) is 0 Å². The third-order valence-electron chi connectivity index (χ3n) is 3.94. The number of rotatable bonds is 3. The second-order valence-corrected chi connectivity index (χ2v) is 5.50. The second kappa shape index (κ2) is 5.51. The summed E-state index contributed by atoms with van der Waals surface area (Å²) in [5.41, 5.74) is 6.99. The molecule has 0 aliphatic carbocycles. The van der Waals surface area contributed by atoms with Crippen LogP contribution in [-0.2, 0) is 0 Å². The lowest BCUT2D eigenvalue weighted by Crippen LogP contribution is -2.30. The first-order valence-corrected chi connectivity index (χ1v) is 6.75. The van der Waals surface area contributed by atoms with Crippen LogP contribution < -0.4 is 10.5 Å². The van der Waals surface area contributed by atoms with Gasteiger partial charge >= 0.3 is 0 Å². The number of benzene rings is 1. The Balaban J connectivity index is 2.12. The lowest BCUT2D eigenvalue weighted by molar-refractivity contribution is 0.0785. The molecule has 1 amide bonds. The number of nitrogen functional groups attached to an aromatic ring is 1. The zero-order chi connectivity index (χ0) is 14.0. The van der Waals surface area contributed by atoms with E-state index in [4.69, 9.17) is 10.5 Å². The number of amides is 1. The Kier molecular flexibility index (Phi) is 3.98. The van der Waals surface area contributed by atoms with Crippen molar-refractivity contribution in [2.75, 3.05) is 25.9 Å². The zero-order valence-corrected chi connectivity index (χ0v) is 11.8. The minimum atomic E-state index is 0.0308. The topological polar surface area (TPSA) is 55.6 Å². The van der Waals surface area contributed by atoms with Crippen molar-refractivity contribution in [2.24, 2.45) is 11.8 Å². The maximum absolute atomic E-state index is 12.4. The Morgan fingerprint density at radius 1 is 1.47 bits per heavy atom. The molecule has 1 atom stereocenters. The van der Waals surface area contributed by atoms with E-state index >= 15 is 0 Å². The van der Waals surface area contributed by atoms with E-state index < -0.39 is 0 Å². The summed E-state index contributed by atoms with van der Waals surface area (Å²) >= 11 is 0. The minimum Gasteiger partial charge on any atom is -0.497 e. The van der Waals surface area contributed by atoms with Crippen molar-refractivity contribution in [3.63, 3.8) is 0 Å². The van der Waals surface area contributed by atoms with Gasteiger partial charge in [-0.3, -0.25) is 4.79 Å². The molecular weight excluding hydrogens is 240 g/mol. The molecule has 2 N–H and O–H groups in total. The fraction of sp³-hybridized carbons (Fsp3) is 0.533. The number of anilines is 1. The number of nitrogens with zero attached hydrogens (tertiary/aromatic N) is 1. The molecule has 0 bridgehead atoms. The summed E-state index contributed by atoms with van der Waals surface area (Å²) in [7, 11) is 1.59. The summed E-state index contributed by atoms with van der Waals surface area (Å²) in [5, 5.41) is 0. The summed E-state index contributed by atoms with van der Waals surface area (Å²) in [6.45, 7) is 6.08. The molecule has 0 saturated carbocycles. The van der Waals surface area contributed by atoms with Crippen LogP contribution >= 0.6 is 0 Å². The summed E-state index contributed by atoms with van der Waals surface area (Å²) in [4.78, 5) is 14.3. The molecule has 1 aromatic carbocycles. The van der Waals surface area contributed by atoms with Gasteiger partial charge in [0.05, 0.1) is 12.7 Å². The molecule has 4 heteroatoms. The SMILES string of the molecule is COc1ccc(C(=O)N2CCC(C(C)C)C2)c(N)c1. The Morgan fingerprint density at radius 3 is 2.74 bits per heavy atom. The van der Waals surface area contributed by atoms with Crippen LogP contribution in [0, 0.1) is 11.8 Å². The molecule has 19 heavy (non-hydrogen) atoms. The highest BCUT2D eigenvalue weighted by molar-refractivity contribution is 5.99. The molecule has 104 valence electrons. The summed E-state index contributed by atoms with van der Waals surface area (Å²) in [6.07, 6.45) is 1.08. The Hall–Kier alpha value is -1.71. The summed E-state index contributed by atoms with van der Waals surface area (Å²) < 4.78 is 5.10. The van der Waals surface area contributed by atoms with E-state index in [1.165, 1.54) is 0 Å². The normalized spacial score (nSPS) is 18.9. The van der Waals surface area contributed by atoms with E-state index in [2.05, 4.69) is 13.8 Å². The average molecular weight is 262 g/mol. The predicted molar refractivity (Wildman–Crippen MR) is 76.3 cm³/mol. The van der Waals surface area contributed by atoms with Gasteiger partial charge in [-0.05, 0) is 30.4 Å². The van der Waals surface area contributed by atoms with Crippen molar-refractivity contribution >= 4 is 11.6 Å². The highest BCUT2D eigenvalue weighted by atomic mass is 16.5. The van der Waals surface area contributed by atoms with Crippen LogP contribution in [-0.4, -0.2) is 31.0 Å². The molecule has 1 fully saturated rings. The van der Waals surface area contributed by atoms with Crippen LogP contribution in [0.5, 0.6) is 5.75 Å². The van der Waals surface area contributed by atoms with E-state index in [0.29, 0.717) is 28.8 Å². The fourth-order valence-electron chi connectivity index (χ4n) is 2.55. The van der Waals surface area contributed by atoms with Crippen molar-refractivity contribution in [1.82, 2.24) is 4.90 Å². The molecule has 4 nitrogen and oxygen atoms in total. The van der Waals surface area contributed by atoms with E-state index in [-0.39, 0.29) is 5.91 Å². The number of likely N-dealkylation sites (tertiary alicyclic amines) is 1. The highest BCUT2D eigenvalue weighted by Crippen LogP contribution is 2.27.